The lowest BCUT2D eigenvalue weighted by molar-refractivity contribution is -0.144. The molecule has 0 aliphatic carbocycles. The van der Waals surface area contributed by atoms with E-state index in [-0.39, 0.29) is 30.2 Å². The lowest BCUT2D eigenvalue weighted by Gasteiger charge is -2.47. The molecule has 0 saturated carbocycles. The fourth-order valence-electron chi connectivity index (χ4n) is 3.04. The molecular weight excluding hydrogens is 408 g/mol. The number of rotatable bonds is 7. The molecule has 2 aliphatic rings. The van der Waals surface area contributed by atoms with Crippen LogP contribution in [0.3, 0.4) is 0 Å². The van der Waals surface area contributed by atoms with Gasteiger partial charge < -0.3 is 10.2 Å². The van der Waals surface area contributed by atoms with Gasteiger partial charge in [0, 0.05) is 17.7 Å². The zero-order valence-corrected chi connectivity index (χ0v) is 17.0. The first-order valence-electron chi connectivity index (χ1n) is 8.95. The van der Waals surface area contributed by atoms with Gasteiger partial charge in [-0.2, -0.15) is 4.80 Å². The van der Waals surface area contributed by atoms with E-state index in [1.165, 1.54) is 16.6 Å². The van der Waals surface area contributed by atoms with Crippen LogP contribution < -0.4 is 5.32 Å². The van der Waals surface area contributed by atoms with E-state index in [4.69, 9.17) is 6.42 Å². The molecule has 8 nitrogen and oxygen atoms in total. The predicted molar refractivity (Wildman–Crippen MR) is 111 cm³/mol. The standard InChI is InChI=1S/C19H18N6O2S2/c1-2-8-25-22-19(21-23-25)29-12-14-10-24-17(27)16(18(24)28-11-14)20-15(26)9-13-6-4-3-5-7-13/h1,3-7,10,16,18H,8-9,11-12H2,(H,20,26)/t16?,18-/m0/s1. The molecule has 29 heavy (non-hydrogen) atoms. The number of terminal acetylenes is 1. The second-order valence-corrected chi connectivity index (χ2v) is 8.58. The molecule has 1 aromatic heterocycles. The van der Waals surface area contributed by atoms with Crippen molar-refractivity contribution in [3.63, 3.8) is 0 Å². The normalized spacial score (nSPS) is 20.3. The van der Waals surface area contributed by atoms with Crippen LogP contribution in [-0.4, -0.2) is 59.8 Å². The van der Waals surface area contributed by atoms with Crippen molar-refractivity contribution >= 4 is 35.3 Å². The van der Waals surface area contributed by atoms with Gasteiger partial charge in [-0.3, -0.25) is 9.59 Å². The maximum absolute atomic E-state index is 12.5. The van der Waals surface area contributed by atoms with Crippen LogP contribution in [0.1, 0.15) is 5.56 Å². The number of carbonyl (C=O) groups excluding carboxylic acids is 2. The summed E-state index contributed by atoms with van der Waals surface area (Å²) in [6.45, 7) is 0.285. The molecule has 1 fully saturated rings. The Kier molecular flexibility index (Phi) is 5.87. The number of aromatic nitrogens is 4. The highest BCUT2D eigenvalue weighted by Gasteiger charge is 2.49. The molecule has 2 aliphatic heterocycles. The molecule has 1 N–H and O–H groups in total. The number of nitrogens with one attached hydrogen (secondary N) is 1. The summed E-state index contributed by atoms with van der Waals surface area (Å²) >= 11 is 3.10. The Balaban J connectivity index is 1.29. The molecule has 2 amide bonds. The minimum atomic E-state index is -0.466. The van der Waals surface area contributed by atoms with Crippen molar-refractivity contribution in [3.05, 3.63) is 47.7 Å². The van der Waals surface area contributed by atoms with E-state index in [1.807, 2.05) is 36.5 Å². The van der Waals surface area contributed by atoms with Gasteiger partial charge >= 0.3 is 0 Å². The maximum Gasteiger partial charge on any atom is 0.253 e. The Bertz CT molecular complexity index is 984. The molecule has 1 unspecified atom stereocenters. The number of carbonyl (C=O) groups is 2. The van der Waals surface area contributed by atoms with Gasteiger partial charge in [0.2, 0.25) is 11.1 Å². The van der Waals surface area contributed by atoms with Crippen LogP contribution >= 0.6 is 23.5 Å². The van der Waals surface area contributed by atoms with Crippen LogP contribution in [0.2, 0.25) is 0 Å². The quantitative estimate of drug-likeness (QED) is 0.400. The summed E-state index contributed by atoms with van der Waals surface area (Å²) in [7, 11) is 0. The van der Waals surface area contributed by atoms with E-state index in [2.05, 4.69) is 26.6 Å². The maximum atomic E-state index is 12.5. The summed E-state index contributed by atoms with van der Waals surface area (Å²) in [4.78, 5) is 27.8. The lowest BCUT2D eigenvalue weighted by Crippen LogP contribution is -2.68. The van der Waals surface area contributed by atoms with Gasteiger partial charge in [0.15, 0.2) is 0 Å². The van der Waals surface area contributed by atoms with Gasteiger partial charge in [0.25, 0.3) is 5.91 Å². The third-order valence-corrected chi connectivity index (χ3v) is 6.73. The highest BCUT2D eigenvalue weighted by Crippen LogP contribution is 2.37. The van der Waals surface area contributed by atoms with Crippen LogP contribution in [0, 0.1) is 12.3 Å². The summed E-state index contributed by atoms with van der Waals surface area (Å²) in [5.74, 6) is 3.69. The van der Waals surface area contributed by atoms with Gasteiger partial charge in [-0.1, -0.05) is 48.0 Å². The lowest BCUT2D eigenvalue weighted by atomic mass is 10.1. The van der Waals surface area contributed by atoms with E-state index in [0.29, 0.717) is 10.9 Å². The number of tetrazole rings is 1. The first-order valence-corrected chi connectivity index (χ1v) is 11.0. The van der Waals surface area contributed by atoms with Gasteiger partial charge in [-0.05, 0) is 16.3 Å². The van der Waals surface area contributed by atoms with E-state index in [9.17, 15) is 9.59 Å². The highest BCUT2D eigenvalue weighted by atomic mass is 32.2. The molecule has 0 spiro atoms. The highest BCUT2D eigenvalue weighted by molar-refractivity contribution is 8.01. The summed E-state index contributed by atoms with van der Waals surface area (Å²) in [5.41, 5.74) is 2.03. The number of hydrogen-bond acceptors (Lipinski definition) is 7. The first kappa shape index (κ1) is 19.5. The van der Waals surface area contributed by atoms with Crippen molar-refractivity contribution in [2.75, 3.05) is 11.5 Å². The molecular formula is C19H18N6O2S2. The van der Waals surface area contributed by atoms with Crippen molar-refractivity contribution in [2.24, 2.45) is 0 Å². The number of fused-ring (bicyclic) bond motifs is 1. The van der Waals surface area contributed by atoms with Gasteiger partial charge in [-0.15, -0.1) is 28.4 Å². The van der Waals surface area contributed by atoms with Gasteiger partial charge in [-0.25, -0.2) is 0 Å². The molecule has 2 atom stereocenters. The van der Waals surface area contributed by atoms with Crippen molar-refractivity contribution in [1.29, 1.82) is 0 Å². The van der Waals surface area contributed by atoms with E-state index in [0.717, 1.165) is 16.9 Å². The molecule has 1 saturated heterocycles. The van der Waals surface area contributed by atoms with Crippen LogP contribution in [0.4, 0.5) is 0 Å². The Morgan fingerprint density at radius 3 is 3.00 bits per heavy atom. The Labute approximate surface area is 176 Å². The molecule has 148 valence electrons. The van der Waals surface area contributed by atoms with Crippen molar-refractivity contribution in [2.45, 2.75) is 29.5 Å². The molecule has 0 bridgehead atoms. The van der Waals surface area contributed by atoms with Crippen molar-refractivity contribution in [1.82, 2.24) is 30.4 Å². The summed E-state index contributed by atoms with van der Waals surface area (Å²) in [6.07, 6.45) is 7.38. The number of β-lactam (4-membered cyclic amide) rings is 1. The Hall–Kier alpha value is -2.77. The minimum Gasteiger partial charge on any atom is -0.341 e. The monoisotopic (exact) mass is 426 g/mol. The molecule has 4 rings (SSSR count). The summed E-state index contributed by atoms with van der Waals surface area (Å²) in [5, 5.41) is 15.4. The third-order valence-electron chi connectivity index (χ3n) is 4.42. The summed E-state index contributed by atoms with van der Waals surface area (Å²) in [6, 6.07) is 9.03. The van der Waals surface area contributed by atoms with Crippen molar-refractivity contribution < 1.29 is 9.59 Å². The fraction of sp³-hybridized carbons (Fsp3) is 0.316. The second kappa shape index (κ2) is 8.71. The van der Waals surface area contributed by atoms with Crippen molar-refractivity contribution in [3.8, 4) is 12.3 Å². The number of thioether (sulfide) groups is 2. The van der Waals surface area contributed by atoms with E-state index >= 15 is 0 Å². The predicted octanol–water partition coefficient (Wildman–Crippen LogP) is 0.925. The zero-order chi connectivity index (χ0) is 20.2. The Morgan fingerprint density at radius 2 is 2.21 bits per heavy atom. The number of nitrogens with zero attached hydrogens (tertiary/aromatic N) is 5. The molecule has 0 radical (unpaired) electrons. The Morgan fingerprint density at radius 1 is 1.38 bits per heavy atom. The molecule has 1 aromatic carbocycles. The number of amides is 2. The topological polar surface area (TPSA) is 93.0 Å². The third kappa shape index (κ3) is 4.46. The number of hydrogen-bond donors (Lipinski definition) is 1. The number of benzene rings is 1. The largest absolute Gasteiger partial charge is 0.341 e. The molecule has 3 heterocycles. The van der Waals surface area contributed by atoms with Crippen LogP contribution in [0.25, 0.3) is 0 Å². The molecule has 10 heteroatoms. The minimum absolute atomic E-state index is 0.0504. The first-order chi connectivity index (χ1) is 14.1. The van der Waals surface area contributed by atoms with Gasteiger partial charge in [0.1, 0.15) is 18.0 Å². The fourth-order valence-corrected chi connectivity index (χ4v) is 5.17. The van der Waals surface area contributed by atoms with Gasteiger partial charge in [0.05, 0.1) is 6.42 Å². The van der Waals surface area contributed by atoms with Crippen LogP contribution in [0.15, 0.2) is 47.3 Å². The zero-order valence-electron chi connectivity index (χ0n) is 15.4. The second-order valence-electron chi connectivity index (χ2n) is 6.54. The SMILES string of the molecule is C#CCn1nnc(SCC2=CN3C(=O)C(NC(=O)Cc4ccccc4)[C@@H]3SC2)n1. The van der Waals surface area contributed by atoms with E-state index < -0.39 is 6.04 Å². The smallest absolute Gasteiger partial charge is 0.253 e. The summed E-state index contributed by atoms with van der Waals surface area (Å²) < 4.78 is 0. The average Bonchev–Trinajstić information content (AvgIpc) is 3.19. The average molecular weight is 427 g/mol. The molecule has 2 aromatic rings. The van der Waals surface area contributed by atoms with Crippen LogP contribution in [-0.2, 0) is 22.6 Å². The van der Waals surface area contributed by atoms with Crippen LogP contribution in [0.5, 0.6) is 0 Å². The van der Waals surface area contributed by atoms with E-state index in [1.54, 1.807) is 16.7 Å².